The largest absolute Gasteiger partial charge is 0.375 e. The zero-order valence-electron chi connectivity index (χ0n) is 28.4. The normalized spacial score (nSPS) is 21.8. The highest BCUT2D eigenvalue weighted by atomic mass is 16.2. The fourth-order valence-electron chi connectivity index (χ4n) is 7.46. The molecule has 4 aliphatic rings. The molecule has 2 N–H and O–H groups in total. The molecule has 0 spiro atoms. The fourth-order valence-corrected chi connectivity index (χ4v) is 7.46. The Kier molecular flexibility index (Phi) is 9.75. The lowest BCUT2D eigenvalue weighted by Crippen LogP contribution is -2.33. The number of ketones is 2. The van der Waals surface area contributed by atoms with Crippen molar-refractivity contribution in [1.29, 1.82) is 0 Å². The number of benzene rings is 1. The van der Waals surface area contributed by atoms with Crippen LogP contribution in [0.1, 0.15) is 80.1 Å². The van der Waals surface area contributed by atoms with Crippen molar-refractivity contribution in [2.45, 2.75) is 80.1 Å². The van der Waals surface area contributed by atoms with Crippen LogP contribution < -0.4 is 10.6 Å². The quantitative estimate of drug-likeness (QED) is 0.283. The van der Waals surface area contributed by atoms with Gasteiger partial charge in [0.1, 0.15) is 23.4 Å². The lowest BCUT2D eigenvalue weighted by atomic mass is 9.77. The van der Waals surface area contributed by atoms with Crippen LogP contribution >= 0.6 is 0 Å². The van der Waals surface area contributed by atoms with Crippen LogP contribution in [0.15, 0.2) is 71.1 Å². The summed E-state index contributed by atoms with van der Waals surface area (Å²) in [6.45, 7) is 15.5. The molecule has 2 heterocycles. The van der Waals surface area contributed by atoms with Gasteiger partial charge in [-0.15, -0.1) is 0 Å². The molecule has 2 saturated heterocycles. The number of Topliss-reactive ketones (excluding diaryl/α,β-unsaturated/α-hetero) is 2. The topological polar surface area (TPSA) is 98.8 Å². The van der Waals surface area contributed by atoms with Gasteiger partial charge in [0.2, 0.25) is 11.8 Å². The molecule has 5 rings (SSSR count). The van der Waals surface area contributed by atoms with Gasteiger partial charge in [-0.25, -0.2) is 0 Å². The van der Waals surface area contributed by atoms with E-state index in [1.54, 1.807) is 24.3 Å². The minimum absolute atomic E-state index is 0.164. The van der Waals surface area contributed by atoms with E-state index in [9.17, 15) is 19.2 Å². The van der Waals surface area contributed by atoms with Gasteiger partial charge in [0.15, 0.2) is 0 Å². The molecule has 2 atom stereocenters. The fraction of sp³-hybridized carbons (Fsp3) is 0.526. The first kappa shape index (κ1) is 33.4. The third kappa shape index (κ3) is 7.88. The predicted molar refractivity (Wildman–Crippen MR) is 183 cm³/mol. The molecule has 0 bridgehead atoms. The number of likely N-dealkylation sites (tertiary alicyclic amines) is 2. The number of carbonyl (C=O) groups is 4. The second-order valence-electron chi connectivity index (χ2n) is 14.9. The van der Waals surface area contributed by atoms with Crippen molar-refractivity contribution < 1.29 is 19.2 Å². The predicted octanol–water partition coefficient (Wildman–Crippen LogP) is 6.65. The molecule has 46 heavy (non-hydrogen) atoms. The average Bonchev–Trinajstić information content (AvgIpc) is 3.68. The second-order valence-corrected chi connectivity index (χ2v) is 14.9. The minimum atomic E-state index is -0.917. The minimum Gasteiger partial charge on any atom is -0.375 e. The molecular weight excluding hydrogens is 576 g/mol. The summed E-state index contributed by atoms with van der Waals surface area (Å²) in [4.78, 5) is 57.5. The maximum absolute atomic E-state index is 13.5. The summed E-state index contributed by atoms with van der Waals surface area (Å²) in [5.41, 5.74) is 4.58. The molecule has 8 nitrogen and oxygen atoms in total. The summed E-state index contributed by atoms with van der Waals surface area (Å²) in [7, 11) is 0. The van der Waals surface area contributed by atoms with Crippen LogP contribution in [0.5, 0.6) is 0 Å². The van der Waals surface area contributed by atoms with Gasteiger partial charge in [-0.2, -0.15) is 0 Å². The van der Waals surface area contributed by atoms with Gasteiger partial charge in [-0.05, 0) is 111 Å². The molecule has 2 fully saturated rings. The van der Waals surface area contributed by atoms with Crippen LogP contribution in [-0.4, -0.2) is 59.4 Å². The lowest BCUT2D eigenvalue weighted by Gasteiger charge is -2.34. The first-order chi connectivity index (χ1) is 21.7. The first-order valence-electron chi connectivity index (χ1n) is 16.8. The molecule has 1 aromatic carbocycles. The van der Waals surface area contributed by atoms with E-state index in [-0.39, 0.29) is 34.2 Å². The van der Waals surface area contributed by atoms with E-state index in [4.69, 9.17) is 0 Å². The van der Waals surface area contributed by atoms with E-state index in [0.717, 1.165) is 75.9 Å². The zero-order valence-corrected chi connectivity index (χ0v) is 28.4. The van der Waals surface area contributed by atoms with Gasteiger partial charge in [0.25, 0.3) is 0 Å². The molecule has 2 amide bonds. The highest BCUT2D eigenvalue weighted by molar-refractivity contribution is 6.10. The summed E-state index contributed by atoms with van der Waals surface area (Å²) < 4.78 is 0. The van der Waals surface area contributed by atoms with Crippen molar-refractivity contribution in [2.24, 2.45) is 22.7 Å². The van der Waals surface area contributed by atoms with Crippen LogP contribution in [0.3, 0.4) is 0 Å². The number of amides is 2. The van der Waals surface area contributed by atoms with E-state index in [2.05, 4.69) is 60.3 Å². The Labute approximate surface area is 274 Å². The van der Waals surface area contributed by atoms with Gasteiger partial charge in [0.05, 0.1) is 0 Å². The third-order valence-corrected chi connectivity index (χ3v) is 9.50. The second kappa shape index (κ2) is 13.4. The monoisotopic (exact) mass is 626 g/mol. The molecule has 2 aliphatic heterocycles. The van der Waals surface area contributed by atoms with Crippen molar-refractivity contribution >= 4 is 34.8 Å². The van der Waals surface area contributed by atoms with Crippen LogP contribution in [-0.2, 0) is 19.2 Å². The molecule has 1 aromatic rings. The highest BCUT2D eigenvalue weighted by Gasteiger charge is 2.35. The number of hydrogen-bond acceptors (Lipinski definition) is 6. The van der Waals surface area contributed by atoms with Gasteiger partial charge in [-0.3, -0.25) is 19.2 Å². The Morgan fingerprint density at radius 3 is 1.24 bits per heavy atom. The molecule has 0 saturated carbocycles. The smallest absolute Gasteiger partial charge is 0.239 e. The first-order valence-corrected chi connectivity index (χ1v) is 16.8. The third-order valence-electron chi connectivity index (χ3n) is 9.50. The van der Waals surface area contributed by atoms with E-state index in [0.29, 0.717) is 11.4 Å². The number of nitrogens with zero attached hydrogens (tertiary/aromatic N) is 2. The highest BCUT2D eigenvalue weighted by Crippen LogP contribution is 2.40. The van der Waals surface area contributed by atoms with E-state index in [1.807, 2.05) is 12.2 Å². The summed E-state index contributed by atoms with van der Waals surface area (Å²) in [5.74, 6) is -3.01. The maximum atomic E-state index is 13.5. The van der Waals surface area contributed by atoms with Crippen molar-refractivity contribution in [3.8, 4) is 0 Å². The number of hydrogen-bond donors (Lipinski definition) is 2. The van der Waals surface area contributed by atoms with Crippen molar-refractivity contribution in [3.63, 3.8) is 0 Å². The van der Waals surface area contributed by atoms with Gasteiger partial charge < -0.3 is 20.4 Å². The molecule has 8 heteroatoms. The number of anilines is 2. The van der Waals surface area contributed by atoms with Crippen molar-refractivity contribution in [1.82, 2.24) is 9.80 Å². The summed E-state index contributed by atoms with van der Waals surface area (Å²) in [6, 6.07) is 6.80. The van der Waals surface area contributed by atoms with Gasteiger partial charge in [-0.1, -0.05) is 39.8 Å². The molecule has 0 aromatic heterocycles. The Morgan fingerprint density at radius 1 is 0.609 bits per heavy atom. The van der Waals surface area contributed by atoms with Crippen molar-refractivity contribution in [3.05, 3.63) is 71.1 Å². The van der Waals surface area contributed by atoms with Gasteiger partial charge >= 0.3 is 0 Å². The van der Waals surface area contributed by atoms with E-state index < -0.39 is 11.8 Å². The Bertz CT molecular complexity index is 1390. The Balaban J connectivity index is 1.28. The van der Waals surface area contributed by atoms with E-state index >= 15 is 0 Å². The summed E-state index contributed by atoms with van der Waals surface area (Å²) >= 11 is 0. The molecule has 0 radical (unpaired) electrons. The van der Waals surface area contributed by atoms with E-state index in [1.165, 1.54) is 25.2 Å². The Morgan fingerprint density at radius 2 is 0.935 bits per heavy atom. The van der Waals surface area contributed by atoms with Crippen molar-refractivity contribution in [2.75, 3.05) is 36.8 Å². The van der Waals surface area contributed by atoms with Crippen LogP contribution in [0.4, 0.5) is 11.4 Å². The standard InChI is InChI=1S/C38H50N4O4/c1-25(43)33(27-19-31(23-37(3,4)21-27)41-15-7-8-16-41)35(45)39-29-11-13-30(14-12-29)40-36(46)34(26(2)44)28-20-32(24-38(5,6)22-28)42-17-9-10-18-42/h11-14,19-22,33-34H,7-10,15-18,23-24H2,1-6H3,(H,39,45)(H,40,46). The summed E-state index contributed by atoms with van der Waals surface area (Å²) in [6.07, 6.45) is 14.6. The molecule has 246 valence electrons. The zero-order chi connectivity index (χ0) is 33.2. The number of nitrogens with one attached hydrogen (secondary N) is 2. The SMILES string of the molecule is CC(=O)C(C(=O)Nc1ccc(NC(=O)C(C(C)=O)C2=CC(C)(C)CC(N3CCCC3)=C2)cc1)C1=CC(C)(C)CC(N2CCCC2)=C1. The number of allylic oxidation sites excluding steroid dienone is 6. The maximum Gasteiger partial charge on any atom is 0.239 e. The van der Waals surface area contributed by atoms with Gasteiger partial charge in [0, 0.05) is 48.9 Å². The average molecular weight is 627 g/mol. The molecule has 2 aliphatic carbocycles. The number of rotatable bonds is 10. The molecular formula is C38H50N4O4. The van der Waals surface area contributed by atoms with Crippen LogP contribution in [0.2, 0.25) is 0 Å². The lowest BCUT2D eigenvalue weighted by molar-refractivity contribution is -0.129. The Hall–Kier alpha value is -3.94. The summed E-state index contributed by atoms with van der Waals surface area (Å²) in [5, 5.41) is 5.83. The molecule has 2 unspecified atom stereocenters. The number of carbonyl (C=O) groups excluding carboxylic acids is 4. The van der Waals surface area contributed by atoms with Crippen LogP contribution in [0.25, 0.3) is 0 Å². The van der Waals surface area contributed by atoms with Crippen LogP contribution in [0, 0.1) is 22.7 Å².